The Labute approximate surface area is 281 Å². The van der Waals surface area contributed by atoms with Gasteiger partial charge in [0.15, 0.2) is 16.3 Å². The van der Waals surface area contributed by atoms with Crippen molar-refractivity contribution in [3.8, 4) is 17.2 Å². The molecular weight excluding hydrogens is 631 g/mol. The number of benzene rings is 4. The molecule has 0 fully saturated rings. The molecule has 1 aliphatic rings. The van der Waals surface area contributed by atoms with E-state index in [2.05, 4.69) is 0 Å². The molecule has 0 amide bonds. The minimum absolute atomic E-state index is 0.0849. The average molecular weight is 667 g/mol. The van der Waals surface area contributed by atoms with Crippen molar-refractivity contribution in [2.75, 3.05) is 13.7 Å². The molecule has 2 heterocycles. The fraction of sp³-hybridized carbons (Fsp3) is 0.237. The van der Waals surface area contributed by atoms with Crippen LogP contribution in [-0.4, -0.2) is 30.4 Å². The molecule has 6 rings (SSSR count). The molecule has 1 aliphatic heterocycles. The number of aromatic nitrogens is 1. The molecule has 0 saturated heterocycles. The van der Waals surface area contributed by atoms with Gasteiger partial charge in [-0.2, -0.15) is 0 Å². The molecule has 0 aliphatic carbocycles. The molecule has 246 valence electrons. The zero-order valence-electron chi connectivity index (χ0n) is 27.3. The van der Waals surface area contributed by atoms with E-state index in [9.17, 15) is 14.0 Å². The van der Waals surface area contributed by atoms with Gasteiger partial charge in [-0.05, 0) is 86.0 Å². The lowest BCUT2D eigenvalue weighted by molar-refractivity contribution is -0.139. The van der Waals surface area contributed by atoms with Crippen LogP contribution in [0, 0.1) is 5.82 Å². The van der Waals surface area contributed by atoms with Crippen molar-refractivity contribution in [2.24, 2.45) is 4.99 Å². The zero-order valence-corrected chi connectivity index (χ0v) is 28.1. The van der Waals surface area contributed by atoms with Gasteiger partial charge in [0.05, 0.1) is 41.7 Å². The third kappa shape index (κ3) is 6.48. The highest BCUT2D eigenvalue weighted by Crippen LogP contribution is 2.37. The monoisotopic (exact) mass is 666 g/mol. The molecule has 5 aromatic rings. The van der Waals surface area contributed by atoms with E-state index < -0.39 is 12.0 Å². The lowest BCUT2D eigenvalue weighted by atomic mass is 9.95. The summed E-state index contributed by atoms with van der Waals surface area (Å²) >= 11 is 1.23. The maximum atomic E-state index is 14.4. The Morgan fingerprint density at radius 3 is 2.50 bits per heavy atom. The number of carbonyl (C=O) groups excluding carboxylic acids is 1. The number of carbonyl (C=O) groups is 1. The van der Waals surface area contributed by atoms with Gasteiger partial charge in [0, 0.05) is 5.56 Å². The van der Waals surface area contributed by atoms with E-state index in [1.54, 1.807) is 45.2 Å². The largest absolute Gasteiger partial charge is 0.493 e. The van der Waals surface area contributed by atoms with Gasteiger partial charge < -0.3 is 18.9 Å². The van der Waals surface area contributed by atoms with Crippen LogP contribution < -0.4 is 29.1 Å². The minimum atomic E-state index is -0.828. The quantitative estimate of drug-likeness (QED) is 0.159. The molecule has 0 radical (unpaired) electrons. The number of ether oxygens (including phenoxy) is 4. The Kier molecular flexibility index (Phi) is 9.45. The van der Waals surface area contributed by atoms with Gasteiger partial charge in [-0.3, -0.25) is 9.36 Å². The lowest BCUT2D eigenvalue weighted by Gasteiger charge is -2.25. The van der Waals surface area contributed by atoms with Crippen LogP contribution in [0.2, 0.25) is 0 Å². The second kappa shape index (κ2) is 13.9. The number of halogens is 1. The fourth-order valence-corrected chi connectivity index (χ4v) is 6.76. The van der Waals surface area contributed by atoms with Gasteiger partial charge >= 0.3 is 5.97 Å². The summed E-state index contributed by atoms with van der Waals surface area (Å²) in [6, 6.07) is 22.4. The van der Waals surface area contributed by atoms with Gasteiger partial charge in [-0.15, -0.1) is 0 Å². The number of hydrogen-bond donors (Lipinski definition) is 0. The molecule has 0 N–H and O–H groups in total. The molecule has 10 heteroatoms. The van der Waals surface area contributed by atoms with Crippen molar-refractivity contribution in [1.29, 1.82) is 0 Å². The first-order valence-electron chi connectivity index (χ1n) is 15.6. The van der Waals surface area contributed by atoms with Crippen LogP contribution in [0.25, 0.3) is 16.8 Å². The molecule has 1 atom stereocenters. The van der Waals surface area contributed by atoms with Crippen molar-refractivity contribution >= 4 is 34.2 Å². The highest BCUT2D eigenvalue weighted by molar-refractivity contribution is 7.07. The van der Waals surface area contributed by atoms with Gasteiger partial charge in [-0.25, -0.2) is 14.2 Å². The predicted octanol–water partition coefficient (Wildman–Crippen LogP) is 6.47. The number of thiazole rings is 1. The first-order valence-corrected chi connectivity index (χ1v) is 16.4. The van der Waals surface area contributed by atoms with Gasteiger partial charge in [0.2, 0.25) is 0 Å². The topological polar surface area (TPSA) is 88.4 Å². The maximum absolute atomic E-state index is 14.4. The summed E-state index contributed by atoms with van der Waals surface area (Å²) in [4.78, 5) is 33.0. The molecule has 8 nitrogen and oxygen atoms in total. The molecule has 0 bridgehead atoms. The van der Waals surface area contributed by atoms with Crippen molar-refractivity contribution in [3.05, 3.63) is 132 Å². The Balaban J connectivity index is 1.52. The lowest BCUT2D eigenvalue weighted by Crippen LogP contribution is -2.40. The molecule has 4 aromatic carbocycles. The maximum Gasteiger partial charge on any atom is 0.338 e. The molecule has 0 unspecified atom stereocenters. The van der Waals surface area contributed by atoms with Crippen LogP contribution >= 0.6 is 11.3 Å². The van der Waals surface area contributed by atoms with E-state index in [0.717, 1.165) is 21.9 Å². The minimum Gasteiger partial charge on any atom is -0.493 e. The fourth-order valence-electron chi connectivity index (χ4n) is 5.74. The van der Waals surface area contributed by atoms with Crippen molar-refractivity contribution in [1.82, 2.24) is 4.57 Å². The number of methoxy groups -OCH3 is 1. The van der Waals surface area contributed by atoms with Gasteiger partial charge in [-0.1, -0.05) is 59.9 Å². The van der Waals surface area contributed by atoms with Crippen LogP contribution in [0.4, 0.5) is 4.39 Å². The van der Waals surface area contributed by atoms with Crippen LogP contribution in [-0.2, 0) is 16.1 Å². The standard InChI is InChI=1S/C38H35FN2O6S/c1-6-45-37(43)34-23(4)40-38-41(35(34)26-14-18-31(47-22(2)3)32(19-26)44-5)36(42)33(48-38)20-29-28-10-8-7-9-25(28)13-17-30(29)46-21-24-11-15-27(39)16-12-24/h7-20,22,35H,6,21H2,1-5H3/b33-20+/t35-/m1/s1. The van der Waals surface area contributed by atoms with E-state index in [1.807, 2.05) is 62.4 Å². The number of nitrogens with zero attached hydrogens (tertiary/aromatic N) is 2. The van der Waals surface area contributed by atoms with Crippen LogP contribution in [0.3, 0.4) is 0 Å². The number of hydrogen-bond acceptors (Lipinski definition) is 8. The number of esters is 1. The van der Waals surface area contributed by atoms with Crippen molar-refractivity contribution in [3.63, 3.8) is 0 Å². The van der Waals surface area contributed by atoms with E-state index in [1.165, 1.54) is 28.0 Å². The Bertz CT molecular complexity index is 2220. The summed E-state index contributed by atoms with van der Waals surface area (Å²) in [7, 11) is 1.55. The summed E-state index contributed by atoms with van der Waals surface area (Å²) in [5, 5.41) is 1.87. The van der Waals surface area contributed by atoms with Crippen molar-refractivity contribution in [2.45, 2.75) is 46.4 Å². The molecule has 0 spiro atoms. The molecule has 48 heavy (non-hydrogen) atoms. The second-order valence-corrected chi connectivity index (χ2v) is 12.5. The molecule has 1 aromatic heterocycles. The number of allylic oxidation sites excluding steroid dienone is 1. The van der Waals surface area contributed by atoms with E-state index in [-0.39, 0.29) is 36.3 Å². The summed E-state index contributed by atoms with van der Waals surface area (Å²) in [6.07, 6.45) is 1.73. The van der Waals surface area contributed by atoms with Gasteiger partial charge in [0.25, 0.3) is 5.56 Å². The Hall–Kier alpha value is -5.22. The summed E-state index contributed by atoms with van der Waals surface area (Å²) in [5.74, 6) is 0.712. The SMILES string of the molecule is CCOC(=O)C1=C(C)N=c2s/c(=C/c3c(OCc4ccc(F)cc4)ccc4ccccc34)c(=O)n2[C@@H]1c1ccc(OC(C)C)c(OC)c1. The van der Waals surface area contributed by atoms with Crippen LogP contribution in [0.15, 0.2) is 99.9 Å². The third-order valence-electron chi connectivity index (χ3n) is 7.90. The Morgan fingerprint density at radius 1 is 1.02 bits per heavy atom. The number of rotatable bonds is 10. The summed E-state index contributed by atoms with van der Waals surface area (Å²) in [5.41, 5.74) is 2.57. The van der Waals surface area contributed by atoms with Crippen LogP contribution in [0.1, 0.15) is 50.4 Å². The zero-order chi connectivity index (χ0) is 33.9. The van der Waals surface area contributed by atoms with E-state index in [4.69, 9.17) is 23.9 Å². The third-order valence-corrected chi connectivity index (χ3v) is 8.88. The smallest absolute Gasteiger partial charge is 0.338 e. The molecular formula is C38H35FN2O6S. The second-order valence-electron chi connectivity index (χ2n) is 11.5. The highest BCUT2D eigenvalue weighted by Gasteiger charge is 2.34. The summed E-state index contributed by atoms with van der Waals surface area (Å²) in [6.45, 7) is 7.70. The van der Waals surface area contributed by atoms with Gasteiger partial charge in [0.1, 0.15) is 18.2 Å². The molecule has 0 saturated carbocycles. The van der Waals surface area contributed by atoms with Crippen molar-refractivity contribution < 1.29 is 28.1 Å². The van der Waals surface area contributed by atoms with E-state index in [0.29, 0.717) is 37.8 Å². The average Bonchev–Trinajstić information content (AvgIpc) is 3.38. The highest BCUT2D eigenvalue weighted by atomic mass is 32.1. The van der Waals surface area contributed by atoms with E-state index >= 15 is 0 Å². The number of fused-ring (bicyclic) bond motifs is 2. The normalized spacial score (nSPS) is 14.6. The van der Waals surface area contributed by atoms with Crippen LogP contribution in [0.5, 0.6) is 17.2 Å². The Morgan fingerprint density at radius 2 is 1.77 bits per heavy atom. The first kappa shape index (κ1) is 32.7. The predicted molar refractivity (Wildman–Crippen MR) is 184 cm³/mol. The summed E-state index contributed by atoms with van der Waals surface area (Å²) < 4.78 is 38.8. The first-order chi connectivity index (χ1) is 23.2.